The van der Waals surface area contributed by atoms with Gasteiger partial charge in [0.05, 0.1) is 18.6 Å². The Morgan fingerprint density at radius 1 is 1.53 bits per heavy atom. The van der Waals surface area contributed by atoms with Gasteiger partial charge in [-0.3, -0.25) is 4.79 Å². The summed E-state index contributed by atoms with van der Waals surface area (Å²) in [6.45, 7) is 6.70. The number of rotatable bonds is 7. The highest BCUT2D eigenvalue weighted by molar-refractivity contribution is 5.76. The van der Waals surface area contributed by atoms with E-state index >= 15 is 0 Å². The van der Waals surface area contributed by atoms with E-state index in [0.717, 1.165) is 12.8 Å². The fraction of sp³-hybridized carbons (Fsp3) is 0.909. The lowest BCUT2D eigenvalue weighted by Gasteiger charge is -2.22. The Morgan fingerprint density at radius 2 is 2.13 bits per heavy atom. The summed E-state index contributed by atoms with van der Waals surface area (Å²) in [5.74, 6) is -0.236. The summed E-state index contributed by atoms with van der Waals surface area (Å²) in [6, 6.07) is 0. The molecule has 0 aromatic rings. The Morgan fingerprint density at radius 3 is 2.60 bits per heavy atom. The number of hydrogen-bond donors (Lipinski definition) is 2. The van der Waals surface area contributed by atoms with Crippen LogP contribution < -0.4 is 5.32 Å². The van der Waals surface area contributed by atoms with Gasteiger partial charge in [0.2, 0.25) is 0 Å². The predicted octanol–water partition coefficient (Wildman–Crippen LogP) is 0.936. The molecule has 0 bridgehead atoms. The highest BCUT2D eigenvalue weighted by atomic mass is 16.5. The minimum atomic E-state index is -0.541. The molecule has 90 valence electrons. The molecule has 4 nitrogen and oxygen atoms in total. The molecular formula is C11H23NO3. The molecule has 0 saturated heterocycles. The molecule has 0 spiro atoms. The Kier molecular flexibility index (Phi) is 6.52. The van der Waals surface area contributed by atoms with Gasteiger partial charge in [-0.15, -0.1) is 0 Å². The van der Waals surface area contributed by atoms with Crippen molar-refractivity contribution >= 4 is 5.97 Å². The highest BCUT2D eigenvalue weighted by Crippen LogP contribution is 2.15. The predicted molar refractivity (Wildman–Crippen MR) is 59.6 cm³/mol. The Labute approximate surface area is 92.0 Å². The molecule has 0 aromatic carbocycles. The van der Waals surface area contributed by atoms with Crippen LogP contribution in [0.5, 0.6) is 0 Å². The van der Waals surface area contributed by atoms with Crippen LogP contribution in [0.15, 0.2) is 0 Å². The molecule has 1 unspecified atom stereocenters. The van der Waals surface area contributed by atoms with E-state index in [1.54, 1.807) is 0 Å². The van der Waals surface area contributed by atoms with Crippen molar-refractivity contribution in [1.82, 2.24) is 5.32 Å². The number of carbonyl (C=O) groups is 1. The summed E-state index contributed by atoms with van der Waals surface area (Å²) in [6.07, 6.45) is 1.41. The van der Waals surface area contributed by atoms with Crippen LogP contribution in [0.1, 0.15) is 33.6 Å². The van der Waals surface area contributed by atoms with E-state index < -0.39 is 5.41 Å². The van der Waals surface area contributed by atoms with Crippen LogP contribution in [-0.4, -0.2) is 37.4 Å². The van der Waals surface area contributed by atoms with Crippen molar-refractivity contribution in [2.45, 2.75) is 39.7 Å². The van der Waals surface area contributed by atoms with Gasteiger partial charge >= 0.3 is 5.97 Å². The molecule has 0 aliphatic heterocycles. The molecule has 4 heteroatoms. The largest absolute Gasteiger partial charge is 0.469 e. The third-order valence-electron chi connectivity index (χ3n) is 2.31. The van der Waals surface area contributed by atoms with Crippen LogP contribution in [0.4, 0.5) is 0 Å². The van der Waals surface area contributed by atoms with E-state index in [2.05, 4.69) is 10.1 Å². The summed E-state index contributed by atoms with van der Waals surface area (Å²) >= 11 is 0. The maximum absolute atomic E-state index is 11.3. The number of nitrogens with one attached hydrogen (secondary N) is 1. The Balaban J connectivity index is 3.79. The van der Waals surface area contributed by atoms with E-state index in [1.165, 1.54) is 7.11 Å². The number of aliphatic hydroxyl groups is 1. The topological polar surface area (TPSA) is 58.6 Å². The van der Waals surface area contributed by atoms with Gasteiger partial charge in [0.15, 0.2) is 0 Å². The quantitative estimate of drug-likeness (QED) is 0.623. The van der Waals surface area contributed by atoms with E-state index in [-0.39, 0.29) is 12.1 Å². The summed E-state index contributed by atoms with van der Waals surface area (Å²) < 4.78 is 4.68. The van der Waals surface area contributed by atoms with E-state index in [9.17, 15) is 9.90 Å². The summed E-state index contributed by atoms with van der Waals surface area (Å²) in [5.41, 5.74) is -0.541. The van der Waals surface area contributed by atoms with Crippen LogP contribution >= 0.6 is 0 Å². The number of ether oxygens (including phenoxy) is 1. The first-order valence-corrected chi connectivity index (χ1v) is 5.41. The molecule has 0 aliphatic carbocycles. The standard InChI is InChI=1S/C11H23NO3/c1-5-6-9(13)7-12-8-11(2,3)10(14)15-4/h9,12-13H,5-8H2,1-4H3. The lowest BCUT2D eigenvalue weighted by atomic mass is 9.94. The zero-order chi connectivity index (χ0) is 11.9. The molecule has 2 N–H and O–H groups in total. The first kappa shape index (κ1) is 14.4. The van der Waals surface area contributed by atoms with Crippen molar-refractivity contribution in [2.75, 3.05) is 20.2 Å². The van der Waals surface area contributed by atoms with Crippen LogP contribution in [0.2, 0.25) is 0 Å². The molecule has 0 aliphatic rings. The number of aliphatic hydroxyl groups excluding tert-OH is 1. The average molecular weight is 217 g/mol. The van der Waals surface area contributed by atoms with E-state index in [1.807, 2.05) is 20.8 Å². The first-order chi connectivity index (χ1) is 6.94. The number of methoxy groups -OCH3 is 1. The Bertz CT molecular complexity index is 192. The third-order valence-corrected chi connectivity index (χ3v) is 2.31. The molecular weight excluding hydrogens is 194 g/mol. The SMILES string of the molecule is CCCC(O)CNCC(C)(C)C(=O)OC. The zero-order valence-electron chi connectivity index (χ0n) is 10.2. The van der Waals surface area contributed by atoms with Crippen LogP contribution in [0.25, 0.3) is 0 Å². The zero-order valence-corrected chi connectivity index (χ0v) is 10.2. The minimum absolute atomic E-state index is 0.236. The summed E-state index contributed by atoms with van der Waals surface area (Å²) in [7, 11) is 1.38. The summed E-state index contributed by atoms with van der Waals surface area (Å²) in [4.78, 5) is 11.3. The number of esters is 1. The van der Waals surface area contributed by atoms with Crippen molar-refractivity contribution in [2.24, 2.45) is 5.41 Å². The molecule has 0 aromatic heterocycles. The molecule has 0 radical (unpaired) electrons. The Hall–Kier alpha value is -0.610. The molecule has 0 rings (SSSR count). The van der Waals surface area contributed by atoms with E-state index in [4.69, 9.17) is 0 Å². The second-order valence-corrected chi connectivity index (χ2v) is 4.45. The average Bonchev–Trinajstić information content (AvgIpc) is 2.16. The van der Waals surface area contributed by atoms with Crippen LogP contribution in [0.3, 0.4) is 0 Å². The monoisotopic (exact) mass is 217 g/mol. The van der Waals surface area contributed by atoms with Gasteiger partial charge < -0.3 is 15.2 Å². The van der Waals surface area contributed by atoms with Gasteiger partial charge in [-0.05, 0) is 20.3 Å². The van der Waals surface area contributed by atoms with Gasteiger partial charge in [0.1, 0.15) is 0 Å². The van der Waals surface area contributed by atoms with Gasteiger partial charge in [-0.25, -0.2) is 0 Å². The van der Waals surface area contributed by atoms with Gasteiger partial charge in [0, 0.05) is 13.1 Å². The fourth-order valence-electron chi connectivity index (χ4n) is 1.34. The summed E-state index contributed by atoms with van der Waals surface area (Å²) in [5, 5.41) is 12.5. The first-order valence-electron chi connectivity index (χ1n) is 5.41. The smallest absolute Gasteiger partial charge is 0.312 e. The van der Waals surface area contributed by atoms with Crippen molar-refractivity contribution < 1.29 is 14.6 Å². The highest BCUT2D eigenvalue weighted by Gasteiger charge is 2.28. The molecule has 0 amide bonds. The van der Waals surface area contributed by atoms with Gasteiger partial charge in [0.25, 0.3) is 0 Å². The maximum Gasteiger partial charge on any atom is 0.312 e. The molecule has 0 heterocycles. The fourth-order valence-corrected chi connectivity index (χ4v) is 1.34. The molecule has 0 fully saturated rings. The van der Waals surface area contributed by atoms with Crippen molar-refractivity contribution in [3.8, 4) is 0 Å². The van der Waals surface area contributed by atoms with E-state index in [0.29, 0.717) is 13.1 Å². The van der Waals surface area contributed by atoms with Crippen molar-refractivity contribution in [3.05, 3.63) is 0 Å². The third kappa shape index (κ3) is 5.74. The molecule has 1 atom stereocenters. The van der Waals surface area contributed by atoms with Crippen molar-refractivity contribution in [3.63, 3.8) is 0 Å². The van der Waals surface area contributed by atoms with Crippen molar-refractivity contribution in [1.29, 1.82) is 0 Å². The number of carbonyl (C=O) groups excluding carboxylic acids is 1. The molecule has 0 saturated carbocycles. The minimum Gasteiger partial charge on any atom is -0.469 e. The molecule has 15 heavy (non-hydrogen) atoms. The lowest BCUT2D eigenvalue weighted by Crippen LogP contribution is -2.39. The normalized spacial score (nSPS) is 13.7. The van der Waals surface area contributed by atoms with Gasteiger partial charge in [-0.1, -0.05) is 13.3 Å². The lowest BCUT2D eigenvalue weighted by molar-refractivity contribution is -0.150. The maximum atomic E-state index is 11.3. The number of hydrogen-bond acceptors (Lipinski definition) is 4. The second-order valence-electron chi connectivity index (χ2n) is 4.45. The van der Waals surface area contributed by atoms with Crippen LogP contribution in [-0.2, 0) is 9.53 Å². The second kappa shape index (κ2) is 6.80. The van der Waals surface area contributed by atoms with Crippen LogP contribution in [0, 0.1) is 5.41 Å². The van der Waals surface area contributed by atoms with Gasteiger partial charge in [-0.2, -0.15) is 0 Å².